The molecule has 15 heavy (non-hydrogen) atoms. The van der Waals surface area contributed by atoms with Crippen molar-refractivity contribution in [3.05, 3.63) is 18.2 Å². The lowest BCUT2D eigenvalue weighted by Crippen LogP contribution is -2.01. The van der Waals surface area contributed by atoms with Crippen molar-refractivity contribution in [2.45, 2.75) is 39.5 Å². The first kappa shape index (κ1) is 13.7. The van der Waals surface area contributed by atoms with Gasteiger partial charge >= 0.3 is 0 Å². The van der Waals surface area contributed by atoms with Crippen LogP contribution in [-0.2, 0) is 11.8 Å². The van der Waals surface area contributed by atoms with Gasteiger partial charge in [-0.15, -0.1) is 0 Å². The number of hydrogen-bond acceptors (Lipinski definition) is 2. The lowest BCUT2D eigenvalue weighted by molar-refractivity contribution is -0.134. The molecular formula is C11H20N2O2. The van der Waals surface area contributed by atoms with Gasteiger partial charge in [0.1, 0.15) is 5.82 Å². The van der Waals surface area contributed by atoms with Crippen LogP contribution >= 0.6 is 0 Å². The largest absolute Gasteiger partial charge is 0.481 e. The lowest BCUT2D eigenvalue weighted by Gasteiger charge is -2.08. The second-order valence-corrected chi connectivity index (χ2v) is 3.61. The SMILES string of the molecule is CC(=O)O.CCCC(C)c1nccn1C. The fraction of sp³-hybridized carbons (Fsp3) is 0.636. The molecule has 0 aliphatic carbocycles. The smallest absolute Gasteiger partial charge is 0.300 e. The molecule has 1 rings (SSSR count). The van der Waals surface area contributed by atoms with Gasteiger partial charge < -0.3 is 9.67 Å². The van der Waals surface area contributed by atoms with Crippen molar-refractivity contribution in [2.75, 3.05) is 0 Å². The summed E-state index contributed by atoms with van der Waals surface area (Å²) in [6, 6.07) is 0. The average molecular weight is 212 g/mol. The second-order valence-electron chi connectivity index (χ2n) is 3.61. The van der Waals surface area contributed by atoms with Crippen molar-refractivity contribution in [1.82, 2.24) is 9.55 Å². The van der Waals surface area contributed by atoms with E-state index in [1.807, 2.05) is 12.4 Å². The van der Waals surface area contributed by atoms with E-state index in [1.165, 1.54) is 18.7 Å². The highest BCUT2D eigenvalue weighted by Gasteiger charge is 2.07. The van der Waals surface area contributed by atoms with E-state index in [4.69, 9.17) is 9.90 Å². The number of rotatable bonds is 3. The number of aromatic nitrogens is 2. The second kappa shape index (κ2) is 7.04. The summed E-state index contributed by atoms with van der Waals surface area (Å²) in [5.41, 5.74) is 0. The molecule has 0 spiro atoms. The van der Waals surface area contributed by atoms with Crippen LogP contribution in [0.2, 0.25) is 0 Å². The van der Waals surface area contributed by atoms with Crippen molar-refractivity contribution in [3.63, 3.8) is 0 Å². The molecule has 4 heteroatoms. The summed E-state index contributed by atoms with van der Waals surface area (Å²) in [5.74, 6) is 0.965. The molecule has 1 aromatic heterocycles. The molecule has 0 bridgehead atoms. The first-order valence-corrected chi connectivity index (χ1v) is 5.15. The Hall–Kier alpha value is -1.32. The average Bonchev–Trinajstić information content (AvgIpc) is 2.50. The van der Waals surface area contributed by atoms with E-state index in [1.54, 1.807) is 0 Å². The first-order chi connectivity index (χ1) is 6.99. The van der Waals surface area contributed by atoms with Crippen molar-refractivity contribution in [1.29, 1.82) is 0 Å². The lowest BCUT2D eigenvalue weighted by atomic mass is 10.1. The highest BCUT2D eigenvalue weighted by molar-refractivity contribution is 5.62. The Morgan fingerprint density at radius 2 is 2.20 bits per heavy atom. The predicted molar refractivity (Wildman–Crippen MR) is 59.8 cm³/mol. The zero-order valence-corrected chi connectivity index (χ0v) is 9.90. The summed E-state index contributed by atoms with van der Waals surface area (Å²) >= 11 is 0. The molecule has 86 valence electrons. The van der Waals surface area contributed by atoms with E-state index in [-0.39, 0.29) is 0 Å². The summed E-state index contributed by atoms with van der Waals surface area (Å²) in [6.07, 6.45) is 6.32. The van der Waals surface area contributed by atoms with Crippen molar-refractivity contribution in [3.8, 4) is 0 Å². The minimum absolute atomic E-state index is 0.597. The van der Waals surface area contributed by atoms with Crippen molar-refractivity contribution < 1.29 is 9.90 Å². The van der Waals surface area contributed by atoms with Crippen LogP contribution in [0.3, 0.4) is 0 Å². The van der Waals surface area contributed by atoms with E-state index in [9.17, 15) is 0 Å². The summed E-state index contributed by atoms with van der Waals surface area (Å²) in [5, 5.41) is 7.42. The van der Waals surface area contributed by atoms with Crippen LogP contribution in [0.5, 0.6) is 0 Å². The number of carboxylic acid groups (broad SMARTS) is 1. The van der Waals surface area contributed by atoms with Gasteiger partial charge in [-0.2, -0.15) is 0 Å². The molecule has 1 unspecified atom stereocenters. The van der Waals surface area contributed by atoms with Crippen LogP contribution in [0.25, 0.3) is 0 Å². The van der Waals surface area contributed by atoms with Gasteiger partial charge in [0.25, 0.3) is 5.97 Å². The van der Waals surface area contributed by atoms with Gasteiger partial charge in [-0.25, -0.2) is 4.98 Å². The van der Waals surface area contributed by atoms with E-state index in [0.717, 1.165) is 6.92 Å². The third-order valence-corrected chi connectivity index (χ3v) is 2.02. The van der Waals surface area contributed by atoms with Gasteiger partial charge in [-0.1, -0.05) is 20.3 Å². The third-order valence-electron chi connectivity index (χ3n) is 2.02. The van der Waals surface area contributed by atoms with E-state index < -0.39 is 5.97 Å². The summed E-state index contributed by atoms with van der Waals surface area (Å²) in [4.78, 5) is 13.3. The van der Waals surface area contributed by atoms with Crippen LogP contribution in [0.15, 0.2) is 12.4 Å². The maximum Gasteiger partial charge on any atom is 0.300 e. The fourth-order valence-electron chi connectivity index (χ4n) is 1.41. The molecule has 0 saturated heterocycles. The molecule has 0 radical (unpaired) electrons. The molecule has 1 heterocycles. The number of nitrogens with zero attached hydrogens (tertiary/aromatic N) is 2. The van der Waals surface area contributed by atoms with Gasteiger partial charge in [0.2, 0.25) is 0 Å². The van der Waals surface area contributed by atoms with Gasteiger partial charge in [-0.05, 0) is 6.42 Å². The summed E-state index contributed by atoms with van der Waals surface area (Å²) in [7, 11) is 2.05. The Kier molecular flexibility index (Phi) is 6.42. The number of carbonyl (C=O) groups is 1. The monoisotopic (exact) mass is 212 g/mol. The number of aryl methyl sites for hydroxylation is 1. The van der Waals surface area contributed by atoms with Crippen molar-refractivity contribution in [2.24, 2.45) is 7.05 Å². The van der Waals surface area contributed by atoms with Crippen LogP contribution in [0.1, 0.15) is 45.4 Å². The molecule has 1 atom stereocenters. The number of carboxylic acids is 1. The summed E-state index contributed by atoms with van der Waals surface area (Å²) in [6.45, 7) is 5.52. The Morgan fingerprint density at radius 1 is 1.67 bits per heavy atom. The minimum atomic E-state index is -0.833. The molecule has 0 aliphatic heterocycles. The van der Waals surface area contributed by atoms with Gasteiger partial charge in [0.05, 0.1) is 0 Å². The quantitative estimate of drug-likeness (QED) is 0.837. The predicted octanol–water partition coefficient (Wildman–Crippen LogP) is 2.41. The number of imidazole rings is 1. The van der Waals surface area contributed by atoms with Crippen molar-refractivity contribution >= 4 is 5.97 Å². The maximum absolute atomic E-state index is 9.00. The zero-order valence-electron chi connectivity index (χ0n) is 9.90. The summed E-state index contributed by atoms with van der Waals surface area (Å²) < 4.78 is 2.10. The van der Waals surface area contributed by atoms with Crippen LogP contribution < -0.4 is 0 Å². The van der Waals surface area contributed by atoms with Gasteiger partial charge in [0.15, 0.2) is 0 Å². The topological polar surface area (TPSA) is 55.1 Å². The number of aliphatic carboxylic acids is 1. The molecule has 0 saturated carbocycles. The minimum Gasteiger partial charge on any atom is -0.481 e. The maximum atomic E-state index is 9.00. The van der Waals surface area contributed by atoms with E-state index >= 15 is 0 Å². The van der Waals surface area contributed by atoms with E-state index in [2.05, 4.69) is 30.4 Å². The fourth-order valence-corrected chi connectivity index (χ4v) is 1.41. The Morgan fingerprint density at radius 3 is 2.53 bits per heavy atom. The highest BCUT2D eigenvalue weighted by Crippen LogP contribution is 2.17. The zero-order chi connectivity index (χ0) is 11.8. The van der Waals surface area contributed by atoms with Crippen LogP contribution in [-0.4, -0.2) is 20.6 Å². The Labute approximate surface area is 91.0 Å². The molecule has 1 N–H and O–H groups in total. The highest BCUT2D eigenvalue weighted by atomic mass is 16.4. The molecular weight excluding hydrogens is 192 g/mol. The molecule has 0 aromatic carbocycles. The first-order valence-electron chi connectivity index (χ1n) is 5.15. The molecule has 0 amide bonds. The molecule has 4 nitrogen and oxygen atoms in total. The third kappa shape index (κ3) is 5.88. The Balaban J connectivity index is 0.000000423. The van der Waals surface area contributed by atoms with Gasteiger partial charge in [-0.3, -0.25) is 4.79 Å². The van der Waals surface area contributed by atoms with Crippen LogP contribution in [0.4, 0.5) is 0 Å². The Bertz CT molecular complexity index is 291. The molecule has 0 aliphatic rings. The standard InChI is InChI=1S/C9H16N2.C2H4O2/c1-4-5-8(2)9-10-6-7-11(9)3;1-2(3)4/h6-8H,4-5H2,1-3H3;1H3,(H,3,4). The molecule has 0 fully saturated rings. The normalized spacial score (nSPS) is 11.5. The number of hydrogen-bond donors (Lipinski definition) is 1. The van der Waals surface area contributed by atoms with E-state index in [0.29, 0.717) is 5.92 Å². The van der Waals surface area contributed by atoms with Gasteiger partial charge in [0, 0.05) is 32.3 Å². The van der Waals surface area contributed by atoms with Crippen LogP contribution in [0, 0.1) is 0 Å². The molecule has 1 aromatic rings.